The summed E-state index contributed by atoms with van der Waals surface area (Å²) in [7, 11) is 0. The third-order valence-electron chi connectivity index (χ3n) is 2.48. The van der Waals surface area contributed by atoms with Crippen molar-refractivity contribution in [2.24, 2.45) is 0 Å². The van der Waals surface area contributed by atoms with Gasteiger partial charge in [-0.1, -0.05) is 17.7 Å². The van der Waals surface area contributed by atoms with E-state index in [9.17, 15) is 0 Å². The van der Waals surface area contributed by atoms with Gasteiger partial charge in [-0.05, 0) is 24.1 Å². The Morgan fingerprint density at radius 2 is 2.38 bits per heavy atom. The average Bonchev–Trinajstić information content (AvgIpc) is 2.16. The molecule has 0 spiro atoms. The minimum absolute atomic E-state index is 0.219. The lowest BCUT2D eigenvalue weighted by Crippen LogP contribution is -2.18. The number of nitrogens with one attached hydrogen (secondary N) is 1. The molecule has 1 unspecified atom stereocenters. The van der Waals surface area contributed by atoms with Crippen LogP contribution in [-0.2, 0) is 0 Å². The molecule has 0 fully saturated rings. The Labute approximate surface area is 82.5 Å². The fourth-order valence-electron chi connectivity index (χ4n) is 1.76. The highest BCUT2D eigenvalue weighted by atomic mass is 35.5. The Morgan fingerprint density at radius 1 is 1.54 bits per heavy atom. The number of fused-ring (bicyclic) bond motifs is 1. The Hall–Kier alpha value is -0.730. The second-order valence-electron chi connectivity index (χ2n) is 3.33. The van der Waals surface area contributed by atoms with Crippen molar-refractivity contribution in [2.75, 3.05) is 18.5 Å². The molecule has 1 aromatic carbocycles. The molecular weight excluding hydrogens is 186 g/mol. The molecule has 2 N–H and O–H groups in total. The zero-order chi connectivity index (χ0) is 9.26. The average molecular weight is 198 g/mol. The molecule has 0 bridgehead atoms. The van der Waals surface area contributed by atoms with E-state index in [1.165, 1.54) is 5.56 Å². The maximum absolute atomic E-state index is 9.15. The molecule has 0 aromatic heterocycles. The molecule has 1 aliphatic rings. The molecule has 1 heterocycles. The maximum atomic E-state index is 9.15. The smallest absolute Gasteiger partial charge is 0.0501 e. The summed E-state index contributed by atoms with van der Waals surface area (Å²) < 4.78 is 0. The predicted octanol–water partition coefficient (Wildman–Crippen LogP) is 2.23. The molecule has 3 heteroatoms. The second-order valence-corrected chi connectivity index (χ2v) is 3.76. The van der Waals surface area contributed by atoms with Crippen molar-refractivity contribution in [3.05, 3.63) is 28.8 Å². The Morgan fingerprint density at radius 3 is 3.15 bits per heavy atom. The summed E-state index contributed by atoms with van der Waals surface area (Å²) >= 11 is 5.87. The molecule has 0 radical (unpaired) electrons. The number of anilines is 1. The minimum atomic E-state index is 0.219. The van der Waals surface area contributed by atoms with Gasteiger partial charge in [0.2, 0.25) is 0 Å². The Bertz CT molecular complexity index is 314. The number of hydrogen-bond acceptors (Lipinski definition) is 2. The van der Waals surface area contributed by atoms with E-state index >= 15 is 0 Å². The standard InChI is InChI=1S/C10H12ClNO/c11-8-1-2-9-7(6-13)3-4-12-10(9)5-8/h1-2,5,7,12-13H,3-4,6H2. The van der Waals surface area contributed by atoms with E-state index in [1.807, 2.05) is 18.2 Å². The van der Waals surface area contributed by atoms with Crippen LogP contribution < -0.4 is 5.32 Å². The van der Waals surface area contributed by atoms with Crippen molar-refractivity contribution in [2.45, 2.75) is 12.3 Å². The molecule has 0 saturated heterocycles. The van der Waals surface area contributed by atoms with Crippen molar-refractivity contribution in [3.8, 4) is 0 Å². The first-order valence-corrected chi connectivity index (χ1v) is 4.83. The third-order valence-corrected chi connectivity index (χ3v) is 2.72. The number of hydrogen-bond donors (Lipinski definition) is 2. The van der Waals surface area contributed by atoms with Crippen LogP contribution in [0.15, 0.2) is 18.2 Å². The van der Waals surface area contributed by atoms with Crippen LogP contribution in [0.3, 0.4) is 0 Å². The van der Waals surface area contributed by atoms with Crippen molar-refractivity contribution in [3.63, 3.8) is 0 Å². The summed E-state index contributed by atoms with van der Waals surface area (Å²) in [6.45, 7) is 1.13. The summed E-state index contributed by atoms with van der Waals surface area (Å²) in [6.07, 6.45) is 0.991. The van der Waals surface area contributed by atoms with Crippen molar-refractivity contribution in [1.29, 1.82) is 0 Å². The summed E-state index contributed by atoms with van der Waals surface area (Å²) in [6, 6.07) is 5.78. The number of benzene rings is 1. The highest BCUT2D eigenvalue weighted by molar-refractivity contribution is 6.30. The lowest BCUT2D eigenvalue weighted by Gasteiger charge is -2.25. The van der Waals surface area contributed by atoms with E-state index in [4.69, 9.17) is 16.7 Å². The molecule has 1 aliphatic heterocycles. The minimum Gasteiger partial charge on any atom is -0.396 e. The predicted molar refractivity (Wildman–Crippen MR) is 54.4 cm³/mol. The molecule has 0 saturated carbocycles. The monoisotopic (exact) mass is 197 g/mol. The third kappa shape index (κ3) is 1.64. The van der Waals surface area contributed by atoms with Gasteiger partial charge in [0.1, 0.15) is 0 Å². The highest BCUT2D eigenvalue weighted by Crippen LogP contribution is 2.32. The first-order valence-electron chi connectivity index (χ1n) is 4.45. The highest BCUT2D eigenvalue weighted by Gasteiger charge is 2.18. The summed E-state index contributed by atoms with van der Waals surface area (Å²) in [5, 5.41) is 13.2. The number of rotatable bonds is 1. The molecule has 2 rings (SSSR count). The van der Waals surface area contributed by atoms with Gasteiger partial charge in [-0.15, -0.1) is 0 Å². The van der Waals surface area contributed by atoms with E-state index in [0.717, 1.165) is 23.7 Å². The normalized spacial score (nSPS) is 20.6. The van der Waals surface area contributed by atoms with Crippen LogP contribution in [0.25, 0.3) is 0 Å². The summed E-state index contributed by atoms with van der Waals surface area (Å²) in [5.74, 6) is 0.272. The number of aliphatic hydroxyl groups excluding tert-OH is 1. The largest absolute Gasteiger partial charge is 0.396 e. The van der Waals surface area contributed by atoms with Gasteiger partial charge in [-0.25, -0.2) is 0 Å². The van der Waals surface area contributed by atoms with E-state index in [0.29, 0.717) is 0 Å². The van der Waals surface area contributed by atoms with Gasteiger partial charge in [0.05, 0.1) is 6.61 Å². The van der Waals surface area contributed by atoms with Crippen molar-refractivity contribution in [1.82, 2.24) is 0 Å². The zero-order valence-electron chi connectivity index (χ0n) is 7.26. The van der Waals surface area contributed by atoms with E-state index in [2.05, 4.69) is 5.32 Å². The van der Waals surface area contributed by atoms with Crippen LogP contribution in [0.5, 0.6) is 0 Å². The molecule has 2 nitrogen and oxygen atoms in total. The molecule has 1 aromatic rings. The lowest BCUT2D eigenvalue weighted by molar-refractivity contribution is 0.259. The van der Waals surface area contributed by atoms with E-state index in [-0.39, 0.29) is 12.5 Å². The molecule has 0 amide bonds. The van der Waals surface area contributed by atoms with E-state index < -0.39 is 0 Å². The van der Waals surface area contributed by atoms with Crippen LogP contribution in [0.4, 0.5) is 5.69 Å². The van der Waals surface area contributed by atoms with Gasteiger partial charge in [0, 0.05) is 23.2 Å². The van der Waals surface area contributed by atoms with Crippen molar-refractivity contribution < 1.29 is 5.11 Å². The van der Waals surface area contributed by atoms with Crippen LogP contribution in [0.2, 0.25) is 5.02 Å². The van der Waals surface area contributed by atoms with Crippen LogP contribution in [-0.4, -0.2) is 18.3 Å². The molecular formula is C10H12ClNO. The Balaban J connectivity index is 2.40. The van der Waals surface area contributed by atoms with Gasteiger partial charge in [0.25, 0.3) is 0 Å². The topological polar surface area (TPSA) is 32.3 Å². The quantitative estimate of drug-likeness (QED) is 0.724. The fraction of sp³-hybridized carbons (Fsp3) is 0.400. The SMILES string of the molecule is OCC1CCNc2cc(Cl)ccc21. The summed E-state index contributed by atoms with van der Waals surface area (Å²) in [4.78, 5) is 0. The summed E-state index contributed by atoms with van der Waals surface area (Å²) in [5.41, 5.74) is 2.25. The second kappa shape index (κ2) is 3.56. The maximum Gasteiger partial charge on any atom is 0.0501 e. The Kier molecular flexibility index (Phi) is 2.42. The molecule has 0 aliphatic carbocycles. The first-order chi connectivity index (χ1) is 6.31. The van der Waals surface area contributed by atoms with Gasteiger partial charge < -0.3 is 10.4 Å². The molecule has 13 heavy (non-hydrogen) atoms. The van der Waals surface area contributed by atoms with Crippen molar-refractivity contribution >= 4 is 17.3 Å². The number of aliphatic hydroxyl groups is 1. The molecule has 1 atom stereocenters. The fourth-order valence-corrected chi connectivity index (χ4v) is 1.94. The number of halogens is 1. The van der Waals surface area contributed by atoms with Crippen LogP contribution >= 0.6 is 11.6 Å². The van der Waals surface area contributed by atoms with Gasteiger partial charge in [0.15, 0.2) is 0 Å². The first kappa shape index (κ1) is 8.85. The zero-order valence-corrected chi connectivity index (χ0v) is 8.01. The van der Waals surface area contributed by atoms with Gasteiger partial charge >= 0.3 is 0 Å². The molecule has 70 valence electrons. The van der Waals surface area contributed by atoms with Gasteiger partial charge in [-0.3, -0.25) is 0 Å². The van der Waals surface area contributed by atoms with Crippen LogP contribution in [0.1, 0.15) is 17.9 Å². The van der Waals surface area contributed by atoms with Gasteiger partial charge in [-0.2, -0.15) is 0 Å². The van der Waals surface area contributed by atoms with Crippen LogP contribution in [0, 0.1) is 0 Å². The lowest BCUT2D eigenvalue weighted by atomic mass is 9.92. The van der Waals surface area contributed by atoms with E-state index in [1.54, 1.807) is 0 Å².